The number of nitrogens with one attached hydrogen (secondary N) is 2. The third kappa shape index (κ3) is 6.96. The Morgan fingerprint density at radius 3 is 2.44 bits per heavy atom. The molecule has 0 aliphatic rings. The average Bonchev–Trinajstić information content (AvgIpc) is 2.65. The smallest absolute Gasteiger partial charge is 0.251 e. The Bertz CT molecular complexity index is 848. The van der Waals surface area contributed by atoms with Crippen molar-refractivity contribution in [3.05, 3.63) is 70.8 Å². The largest absolute Gasteiger partial charge is 0.395 e. The van der Waals surface area contributed by atoms with E-state index in [0.717, 1.165) is 23.1 Å². The fraction of sp³-hybridized carbons (Fsp3) is 0.273. The predicted octanol–water partition coefficient (Wildman–Crippen LogP) is 1.88. The van der Waals surface area contributed by atoms with Gasteiger partial charge in [0.05, 0.1) is 6.61 Å². The minimum Gasteiger partial charge on any atom is -0.395 e. The van der Waals surface area contributed by atoms with Crippen LogP contribution in [0.2, 0.25) is 0 Å². The van der Waals surface area contributed by atoms with Crippen LogP contribution in [0.3, 0.4) is 0 Å². The molecule has 0 aromatic heterocycles. The monoisotopic (exact) mass is 364 g/mol. The average molecular weight is 364 g/mol. The van der Waals surface area contributed by atoms with Crippen molar-refractivity contribution in [3.63, 3.8) is 0 Å². The maximum Gasteiger partial charge on any atom is 0.251 e. The zero-order valence-corrected chi connectivity index (χ0v) is 15.6. The summed E-state index contributed by atoms with van der Waals surface area (Å²) in [6, 6.07) is 15.0. The van der Waals surface area contributed by atoms with E-state index in [0.29, 0.717) is 5.56 Å². The van der Waals surface area contributed by atoms with Gasteiger partial charge in [0, 0.05) is 36.2 Å². The van der Waals surface area contributed by atoms with Gasteiger partial charge in [0.1, 0.15) is 0 Å². The van der Waals surface area contributed by atoms with Crippen LogP contribution in [0.25, 0.3) is 0 Å². The van der Waals surface area contributed by atoms with E-state index >= 15 is 0 Å². The van der Waals surface area contributed by atoms with Crippen molar-refractivity contribution in [3.8, 4) is 11.8 Å². The fourth-order valence-corrected chi connectivity index (χ4v) is 2.63. The van der Waals surface area contributed by atoms with E-state index < -0.39 is 0 Å². The molecule has 2 amide bonds. The van der Waals surface area contributed by atoms with Crippen LogP contribution in [0.5, 0.6) is 0 Å². The summed E-state index contributed by atoms with van der Waals surface area (Å²) in [7, 11) is 0. The lowest BCUT2D eigenvalue weighted by molar-refractivity contribution is -0.119. The minimum atomic E-state index is -0.231. The number of aliphatic hydroxyl groups excluding tert-OH is 1. The van der Waals surface area contributed by atoms with Gasteiger partial charge in [-0.3, -0.25) is 9.59 Å². The first kappa shape index (κ1) is 20.2. The summed E-state index contributed by atoms with van der Waals surface area (Å²) in [5, 5.41) is 14.3. The Balaban J connectivity index is 2.03. The topological polar surface area (TPSA) is 78.4 Å². The van der Waals surface area contributed by atoms with Gasteiger partial charge in [0.25, 0.3) is 5.91 Å². The van der Waals surface area contributed by atoms with Gasteiger partial charge in [-0.2, -0.15) is 0 Å². The SMILES string of the molecule is CC(=O)NC(C)Cc1ccc(C#Cc2cccc(C(=O)NCCO)c2)cc1. The normalized spacial score (nSPS) is 11.1. The highest BCUT2D eigenvalue weighted by molar-refractivity contribution is 5.94. The van der Waals surface area contributed by atoms with E-state index in [1.165, 1.54) is 6.92 Å². The first-order valence-corrected chi connectivity index (χ1v) is 8.85. The molecule has 2 aromatic carbocycles. The highest BCUT2D eigenvalue weighted by atomic mass is 16.3. The van der Waals surface area contributed by atoms with E-state index in [2.05, 4.69) is 22.5 Å². The van der Waals surface area contributed by atoms with Crippen molar-refractivity contribution in [2.24, 2.45) is 0 Å². The predicted molar refractivity (Wildman–Crippen MR) is 105 cm³/mol. The van der Waals surface area contributed by atoms with E-state index in [-0.39, 0.29) is 31.0 Å². The molecule has 2 aromatic rings. The molecule has 2 rings (SSSR count). The second kappa shape index (κ2) is 10.1. The van der Waals surface area contributed by atoms with Crippen molar-refractivity contribution in [2.45, 2.75) is 26.3 Å². The molecule has 0 radical (unpaired) electrons. The molecular weight excluding hydrogens is 340 g/mol. The van der Waals surface area contributed by atoms with Crippen molar-refractivity contribution in [2.75, 3.05) is 13.2 Å². The zero-order chi connectivity index (χ0) is 19.6. The molecule has 0 aliphatic carbocycles. The summed E-state index contributed by atoms with van der Waals surface area (Å²) in [6.45, 7) is 3.62. The number of benzene rings is 2. The van der Waals surface area contributed by atoms with Crippen LogP contribution < -0.4 is 10.6 Å². The number of aliphatic hydroxyl groups is 1. The lowest BCUT2D eigenvalue weighted by atomic mass is 10.0. The number of hydrogen-bond acceptors (Lipinski definition) is 3. The zero-order valence-electron chi connectivity index (χ0n) is 15.6. The highest BCUT2D eigenvalue weighted by Gasteiger charge is 2.05. The van der Waals surface area contributed by atoms with Crippen molar-refractivity contribution in [1.29, 1.82) is 0 Å². The lowest BCUT2D eigenvalue weighted by Crippen LogP contribution is -2.31. The number of carbonyl (C=O) groups is 2. The Morgan fingerprint density at radius 2 is 1.78 bits per heavy atom. The molecule has 3 N–H and O–H groups in total. The summed E-state index contributed by atoms with van der Waals surface area (Å²) < 4.78 is 0. The molecule has 1 atom stereocenters. The van der Waals surface area contributed by atoms with E-state index in [4.69, 9.17) is 5.11 Å². The molecule has 0 saturated carbocycles. The minimum absolute atomic E-state index is 0.0303. The van der Waals surface area contributed by atoms with Gasteiger partial charge in [-0.1, -0.05) is 30.0 Å². The van der Waals surface area contributed by atoms with Crippen LogP contribution in [-0.2, 0) is 11.2 Å². The Morgan fingerprint density at radius 1 is 1.07 bits per heavy atom. The Labute approximate surface area is 159 Å². The maximum atomic E-state index is 11.9. The number of amides is 2. The first-order chi connectivity index (χ1) is 13.0. The van der Waals surface area contributed by atoms with Crippen LogP contribution >= 0.6 is 0 Å². The van der Waals surface area contributed by atoms with Gasteiger partial charge in [-0.15, -0.1) is 0 Å². The maximum absolute atomic E-state index is 11.9. The summed E-state index contributed by atoms with van der Waals surface area (Å²) in [6.07, 6.45) is 0.762. The number of hydrogen-bond donors (Lipinski definition) is 3. The molecule has 0 aliphatic heterocycles. The van der Waals surface area contributed by atoms with Crippen molar-refractivity contribution >= 4 is 11.8 Å². The summed E-state index contributed by atoms with van der Waals surface area (Å²) in [5.74, 6) is 5.89. The Hall–Kier alpha value is -3.10. The van der Waals surface area contributed by atoms with Crippen LogP contribution in [0.15, 0.2) is 48.5 Å². The molecule has 0 bridgehead atoms. The highest BCUT2D eigenvalue weighted by Crippen LogP contribution is 2.08. The van der Waals surface area contributed by atoms with Gasteiger partial charge >= 0.3 is 0 Å². The van der Waals surface area contributed by atoms with Crippen LogP contribution in [0, 0.1) is 11.8 Å². The molecule has 5 heteroatoms. The number of rotatable bonds is 6. The van der Waals surface area contributed by atoms with Gasteiger partial charge in [-0.25, -0.2) is 0 Å². The fourth-order valence-electron chi connectivity index (χ4n) is 2.63. The third-order valence-corrected chi connectivity index (χ3v) is 3.82. The number of carbonyl (C=O) groups excluding carboxylic acids is 2. The standard InChI is InChI=1S/C22H24N2O3/c1-16(24-17(2)26)14-20-10-7-18(8-11-20)6-9-19-4-3-5-21(15-19)22(27)23-12-13-25/h3-5,7-8,10-11,15-16,25H,12-14H2,1-2H3,(H,23,27)(H,24,26). The van der Waals surface area contributed by atoms with Crippen LogP contribution in [0.1, 0.15) is 40.9 Å². The molecule has 0 spiro atoms. The Kier molecular flexibility index (Phi) is 7.60. The molecule has 0 saturated heterocycles. The lowest BCUT2D eigenvalue weighted by Gasteiger charge is -2.12. The summed E-state index contributed by atoms with van der Waals surface area (Å²) in [5.41, 5.74) is 3.26. The van der Waals surface area contributed by atoms with Gasteiger partial charge < -0.3 is 15.7 Å². The molecule has 140 valence electrons. The van der Waals surface area contributed by atoms with Crippen LogP contribution in [0.4, 0.5) is 0 Å². The van der Waals surface area contributed by atoms with Gasteiger partial charge in [0.2, 0.25) is 5.91 Å². The summed E-state index contributed by atoms with van der Waals surface area (Å²) >= 11 is 0. The van der Waals surface area contributed by atoms with E-state index in [1.54, 1.807) is 18.2 Å². The molecule has 5 nitrogen and oxygen atoms in total. The second-order valence-electron chi connectivity index (χ2n) is 6.31. The molecular formula is C22H24N2O3. The van der Waals surface area contributed by atoms with Gasteiger partial charge in [0.15, 0.2) is 0 Å². The molecule has 0 heterocycles. The van der Waals surface area contributed by atoms with E-state index in [9.17, 15) is 9.59 Å². The van der Waals surface area contributed by atoms with E-state index in [1.807, 2.05) is 37.3 Å². The molecule has 0 fully saturated rings. The second-order valence-corrected chi connectivity index (χ2v) is 6.31. The van der Waals surface area contributed by atoms with Crippen molar-refractivity contribution < 1.29 is 14.7 Å². The van der Waals surface area contributed by atoms with Gasteiger partial charge in [-0.05, 0) is 49.2 Å². The third-order valence-electron chi connectivity index (χ3n) is 3.82. The molecule has 1 unspecified atom stereocenters. The van der Waals surface area contributed by atoms with Crippen LogP contribution in [-0.4, -0.2) is 36.1 Å². The first-order valence-electron chi connectivity index (χ1n) is 8.85. The quantitative estimate of drug-likeness (QED) is 0.685. The molecule has 27 heavy (non-hydrogen) atoms. The summed E-state index contributed by atoms with van der Waals surface area (Å²) in [4.78, 5) is 23.0. The van der Waals surface area contributed by atoms with Crippen molar-refractivity contribution in [1.82, 2.24) is 10.6 Å².